The van der Waals surface area contributed by atoms with Crippen LogP contribution >= 0.6 is 0 Å². The summed E-state index contributed by atoms with van der Waals surface area (Å²) in [4.78, 5) is 16.6. The van der Waals surface area contributed by atoms with Crippen LogP contribution in [0.2, 0.25) is 0 Å². The van der Waals surface area contributed by atoms with Gasteiger partial charge in [-0.2, -0.15) is 5.06 Å². The highest BCUT2D eigenvalue weighted by atomic mass is 16.7. The van der Waals surface area contributed by atoms with Crippen LogP contribution in [0.25, 0.3) is 6.08 Å². The van der Waals surface area contributed by atoms with E-state index in [0.717, 1.165) is 11.3 Å². The topological polar surface area (TPSA) is 55.6 Å². The van der Waals surface area contributed by atoms with Crippen molar-refractivity contribution in [2.45, 2.75) is 6.42 Å². The maximum atomic E-state index is 11.4. The van der Waals surface area contributed by atoms with E-state index < -0.39 is 0 Å². The lowest BCUT2D eigenvalue weighted by Gasteiger charge is -2.13. The third-order valence-electron chi connectivity index (χ3n) is 2.34. The molecule has 0 unspecified atom stereocenters. The Morgan fingerprint density at radius 1 is 1.38 bits per heavy atom. The first-order chi connectivity index (χ1) is 7.81. The van der Waals surface area contributed by atoms with Crippen LogP contribution in [0.15, 0.2) is 30.3 Å². The van der Waals surface area contributed by atoms with Gasteiger partial charge in [0.25, 0.3) is 5.91 Å². The smallest absolute Gasteiger partial charge is 0.253 e. The summed E-state index contributed by atoms with van der Waals surface area (Å²) >= 11 is 0. The van der Waals surface area contributed by atoms with Gasteiger partial charge in [0, 0.05) is 6.54 Å². The number of hydroxylamine groups is 1. The summed E-state index contributed by atoms with van der Waals surface area (Å²) < 4.78 is 0. The third-order valence-corrected chi connectivity index (χ3v) is 2.34. The van der Waals surface area contributed by atoms with Crippen molar-refractivity contribution in [3.8, 4) is 0 Å². The molecule has 0 radical (unpaired) electrons. The number of nitrogens with two attached hydrogens (primary N) is 1. The van der Waals surface area contributed by atoms with Gasteiger partial charge in [-0.3, -0.25) is 9.63 Å². The SMILES string of the molecule is NC/C=C/c1ccc(N2OCCC2=O)cc1. The van der Waals surface area contributed by atoms with Crippen molar-refractivity contribution in [3.63, 3.8) is 0 Å². The molecule has 1 aliphatic rings. The monoisotopic (exact) mass is 218 g/mol. The molecule has 1 aliphatic heterocycles. The number of carbonyl (C=O) groups excluding carboxylic acids is 1. The lowest BCUT2D eigenvalue weighted by molar-refractivity contribution is -0.119. The van der Waals surface area contributed by atoms with E-state index in [-0.39, 0.29) is 5.91 Å². The molecule has 0 aromatic heterocycles. The van der Waals surface area contributed by atoms with E-state index >= 15 is 0 Å². The average molecular weight is 218 g/mol. The van der Waals surface area contributed by atoms with Gasteiger partial charge in [-0.25, -0.2) is 0 Å². The van der Waals surface area contributed by atoms with Crippen molar-refractivity contribution in [1.29, 1.82) is 0 Å². The normalized spacial score (nSPS) is 16.3. The Balaban J connectivity index is 2.12. The van der Waals surface area contributed by atoms with E-state index in [2.05, 4.69) is 0 Å². The molecule has 2 rings (SSSR count). The molecule has 1 amide bonds. The molecule has 2 N–H and O–H groups in total. The number of nitrogens with zero attached hydrogens (tertiary/aromatic N) is 1. The summed E-state index contributed by atoms with van der Waals surface area (Å²) in [6, 6.07) is 7.58. The first-order valence-corrected chi connectivity index (χ1v) is 5.24. The number of anilines is 1. The van der Waals surface area contributed by atoms with E-state index in [9.17, 15) is 4.79 Å². The Labute approximate surface area is 94.3 Å². The summed E-state index contributed by atoms with van der Waals surface area (Å²) in [6.07, 6.45) is 4.28. The van der Waals surface area contributed by atoms with Gasteiger partial charge in [0.2, 0.25) is 0 Å². The minimum atomic E-state index is 0.00486. The maximum Gasteiger partial charge on any atom is 0.253 e. The van der Waals surface area contributed by atoms with Gasteiger partial charge in [-0.1, -0.05) is 24.3 Å². The summed E-state index contributed by atoms with van der Waals surface area (Å²) in [7, 11) is 0. The second-order valence-electron chi connectivity index (χ2n) is 3.50. The van der Waals surface area contributed by atoms with Gasteiger partial charge >= 0.3 is 0 Å². The zero-order chi connectivity index (χ0) is 11.4. The summed E-state index contributed by atoms with van der Waals surface area (Å²) in [5.74, 6) is 0.00486. The molecule has 84 valence electrons. The number of hydrogen-bond acceptors (Lipinski definition) is 3. The predicted octanol–water partition coefficient (Wildman–Crippen LogP) is 1.33. The summed E-state index contributed by atoms with van der Waals surface area (Å²) in [5, 5.41) is 1.34. The van der Waals surface area contributed by atoms with Crippen molar-refractivity contribution in [2.24, 2.45) is 5.73 Å². The number of hydrogen-bond donors (Lipinski definition) is 1. The van der Waals surface area contributed by atoms with Crippen LogP contribution < -0.4 is 10.8 Å². The number of carbonyl (C=O) groups is 1. The van der Waals surface area contributed by atoms with E-state index in [1.165, 1.54) is 5.06 Å². The van der Waals surface area contributed by atoms with E-state index in [1.807, 2.05) is 36.4 Å². The van der Waals surface area contributed by atoms with Crippen LogP contribution in [0.3, 0.4) is 0 Å². The second-order valence-corrected chi connectivity index (χ2v) is 3.50. The zero-order valence-corrected chi connectivity index (χ0v) is 8.93. The molecule has 1 heterocycles. The summed E-state index contributed by atoms with van der Waals surface area (Å²) in [6.45, 7) is 0.989. The Morgan fingerprint density at radius 3 is 2.69 bits per heavy atom. The third kappa shape index (κ3) is 2.29. The molecule has 4 heteroatoms. The minimum absolute atomic E-state index is 0.00486. The van der Waals surface area contributed by atoms with E-state index in [0.29, 0.717) is 19.6 Å². The Kier molecular flexibility index (Phi) is 3.34. The molecule has 0 atom stereocenters. The highest BCUT2D eigenvalue weighted by Gasteiger charge is 2.22. The van der Waals surface area contributed by atoms with Crippen LogP contribution in [0.1, 0.15) is 12.0 Å². The molecule has 4 nitrogen and oxygen atoms in total. The Morgan fingerprint density at radius 2 is 2.12 bits per heavy atom. The molecule has 1 aromatic carbocycles. The summed E-state index contributed by atoms with van der Waals surface area (Å²) in [5.41, 5.74) is 7.19. The Bertz CT molecular complexity index is 398. The van der Waals surface area contributed by atoms with Crippen molar-refractivity contribution in [1.82, 2.24) is 0 Å². The molecule has 16 heavy (non-hydrogen) atoms. The van der Waals surface area contributed by atoms with Gasteiger partial charge in [-0.05, 0) is 17.7 Å². The lowest BCUT2D eigenvalue weighted by atomic mass is 10.2. The van der Waals surface area contributed by atoms with Crippen molar-refractivity contribution >= 4 is 17.7 Å². The van der Waals surface area contributed by atoms with Gasteiger partial charge in [0.15, 0.2) is 0 Å². The first-order valence-electron chi connectivity index (χ1n) is 5.24. The fourth-order valence-corrected chi connectivity index (χ4v) is 1.54. The van der Waals surface area contributed by atoms with Crippen molar-refractivity contribution in [3.05, 3.63) is 35.9 Å². The number of amides is 1. The van der Waals surface area contributed by atoms with Crippen LogP contribution in [0, 0.1) is 0 Å². The van der Waals surface area contributed by atoms with Crippen molar-refractivity contribution < 1.29 is 9.63 Å². The highest BCUT2D eigenvalue weighted by Crippen LogP contribution is 2.20. The van der Waals surface area contributed by atoms with E-state index in [4.69, 9.17) is 10.6 Å². The van der Waals surface area contributed by atoms with Gasteiger partial charge in [0.1, 0.15) is 0 Å². The molecular weight excluding hydrogens is 204 g/mol. The zero-order valence-electron chi connectivity index (χ0n) is 8.93. The lowest BCUT2D eigenvalue weighted by Crippen LogP contribution is -2.21. The first kappa shape index (κ1) is 10.9. The molecule has 1 aromatic rings. The van der Waals surface area contributed by atoms with Gasteiger partial charge in [-0.15, -0.1) is 0 Å². The highest BCUT2D eigenvalue weighted by molar-refractivity contribution is 5.92. The molecule has 0 spiro atoms. The Hall–Kier alpha value is -1.65. The van der Waals surface area contributed by atoms with Crippen molar-refractivity contribution in [2.75, 3.05) is 18.2 Å². The quantitative estimate of drug-likeness (QED) is 0.832. The number of benzene rings is 1. The molecule has 0 aliphatic carbocycles. The van der Waals surface area contributed by atoms with Crippen LogP contribution in [0.4, 0.5) is 5.69 Å². The maximum absolute atomic E-state index is 11.4. The fourth-order valence-electron chi connectivity index (χ4n) is 1.54. The fraction of sp³-hybridized carbons (Fsp3) is 0.250. The molecular formula is C12H14N2O2. The average Bonchev–Trinajstić information content (AvgIpc) is 2.74. The minimum Gasteiger partial charge on any atom is -0.327 e. The second kappa shape index (κ2) is 4.92. The molecule has 0 bridgehead atoms. The van der Waals surface area contributed by atoms with Crippen LogP contribution in [0.5, 0.6) is 0 Å². The van der Waals surface area contributed by atoms with E-state index in [1.54, 1.807) is 0 Å². The van der Waals surface area contributed by atoms with Crippen LogP contribution in [-0.4, -0.2) is 19.1 Å². The van der Waals surface area contributed by atoms with Gasteiger partial charge in [0.05, 0.1) is 18.7 Å². The van der Waals surface area contributed by atoms with Crippen LogP contribution in [-0.2, 0) is 9.63 Å². The predicted molar refractivity (Wildman–Crippen MR) is 62.6 cm³/mol. The number of rotatable bonds is 3. The molecule has 0 saturated carbocycles. The molecule has 1 saturated heterocycles. The standard InChI is InChI=1S/C12H14N2O2/c13-8-1-2-10-3-5-11(6-4-10)14-12(15)7-9-16-14/h1-6H,7-9,13H2/b2-1+. The largest absolute Gasteiger partial charge is 0.327 e. The van der Waals surface area contributed by atoms with Gasteiger partial charge < -0.3 is 5.73 Å². The molecule has 1 fully saturated rings.